The van der Waals surface area contributed by atoms with Crippen molar-refractivity contribution >= 4 is 29.3 Å². The van der Waals surface area contributed by atoms with E-state index in [9.17, 15) is 9.59 Å². The van der Waals surface area contributed by atoms with E-state index in [1.54, 1.807) is 17.8 Å². The molecular weight excluding hydrogens is 468 g/mol. The highest BCUT2D eigenvalue weighted by atomic mass is 32.2. The lowest BCUT2D eigenvalue weighted by molar-refractivity contribution is 0.0921. The van der Waals surface area contributed by atoms with Gasteiger partial charge in [0, 0.05) is 30.1 Å². The minimum absolute atomic E-state index is 0.0149. The molecule has 36 heavy (non-hydrogen) atoms. The second-order valence-electron chi connectivity index (χ2n) is 8.97. The van der Waals surface area contributed by atoms with Crippen molar-refractivity contribution in [2.24, 2.45) is 0 Å². The zero-order valence-electron chi connectivity index (χ0n) is 20.2. The van der Waals surface area contributed by atoms with Crippen molar-refractivity contribution in [2.45, 2.75) is 31.4 Å². The fourth-order valence-corrected chi connectivity index (χ4v) is 5.30. The number of amides is 2. The van der Waals surface area contributed by atoms with Crippen LogP contribution in [0.15, 0.2) is 89.3 Å². The molecule has 0 fully saturated rings. The van der Waals surface area contributed by atoms with Crippen LogP contribution in [0, 0.1) is 6.92 Å². The van der Waals surface area contributed by atoms with E-state index < -0.39 is 0 Å². The minimum Gasteiger partial charge on any atom is -0.455 e. The van der Waals surface area contributed by atoms with Crippen LogP contribution >= 0.6 is 11.8 Å². The van der Waals surface area contributed by atoms with Crippen molar-refractivity contribution < 1.29 is 14.0 Å². The van der Waals surface area contributed by atoms with E-state index in [0.717, 1.165) is 34.7 Å². The molecule has 0 bridgehead atoms. The van der Waals surface area contributed by atoms with Gasteiger partial charge in [-0.1, -0.05) is 60.2 Å². The van der Waals surface area contributed by atoms with Crippen LogP contribution < -0.4 is 10.2 Å². The molecule has 5 nitrogen and oxygen atoms in total. The quantitative estimate of drug-likeness (QED) is 0.318. The highest BCUT2D eigenvalue weighted by Gasteiger charge is 2.25. The maximum Gasteiger partial charge on any atom is 0.287 e. The Hall–Kier alpha value is -3.77. The van der Waals surface area contributed by atoms with E-state index in [0.29, 0.717) is 30.2 Å². The molecule has 1 aromatic heterocycles. The Morgan fingerprint density at radius 3 is 2.61 bits per heavy atom. The van der Waals surface area contributed by atoms with Gasteiger partial charge < -0.3 is 14.6 Å². The Labute approximate surface area is 215 Å². The molecule has 3 aromatic carbocycles. The van der Waals surface area contributed by atoms with Gasteiger partial charge in [0.2, 0.25) is 0 Å². The van der Waals surface area contributed by atoms with Crippen LogP contribution in [0.1, 0.15) is 48.9 Å². The first-order valence-electron chi connectivity index (χ1n) is 12.1. The van der Waals surface area contributed by atoms with Crippen LogP contribution in [0.5, 0.6) is 0 Å². The van der Waals surface area contributed by atoms with Crippen LogP contribution in [-0.2, 0) is 24.5 Å². The largest absolute Gasteiger partial charge is 0.455 e. The van der Waals surface area contributed by atoms with Crippen LogP contribution in [0.2, 0.25) is 0 Å². The van der Waals surface area contributed by atoms with Crippen molar-refractivity contribution in [1.29, 1.82) is 0 Å². The second-order valence-corrected chi connectivity index (χ2v) is 9.95. The Balaban J connectivity index is 1.14. The van der Waals surface area contributed by atoms with Gasteiger partial charge in [-0.2, -0.15) is 0 Å². The topological polar surface area (TPSA) is 62.6 Å². The third-order valence-corrected chi connectivity index (χ3v) is 7.27. The molecule has 1 aliphatic rings. The Kier molecular flexibility index (Phi) is 7.23. The van der Waals surface area contributed by atoms with Crippen molar-refractivity contribution in [3.05, 3.63) is 124 Å². The third-order valence-electron chi connectivity index (χ3n) is 6.24. The number of carbonyl (C=O) groups is 2. The lowest BCUT2D eigenvalue weighted by Gasteiger charge is -2.17. The summed E-state index contributed by atoms with van der Waals surface area (Å²) in [6, 6.07) is 27.4. The highest BCUT2D eigenvalue weighted by molar-refractivity contribution is 7.97. The Bertz CT molecular complexity index is 1380. The van der Waals surface area contributed by atoms with Gasteiger partial charge in [-0.05, 0) is 60.4 Å². The number of hydrogen-bond donors (Lipinski definition) is 1. The van der Waals surface area contributed by atoms with Crippen molar-refractivity contribution in [2.75, 3.05) is 11.4 Å². The van der Waals surface area contributed by atoms with Crippen molar-refractivity contribution in [3.63, 3.8) is 0 Å². The summed E-state index contributed by atoms with van der Waals surface area (Å²) in [5, 5.41) is 2.95. The molecule has 0 atom stereocenters. The fourth-order valence-electron chi connectivity index (χ4n) is 4.43. The summed E-state index contributed by atoms with van der Waals surface area (Å²) in [6.45, 7) is 3.16. The molecule has 5 rings (SSSR count). The molecule has 0 spiro atoms. The van der Waals surface area contributed by atoms with Gasteiger partial charge in [0.1, 0.15) is 5.76 Å². The Morgan fingerprint density at radius 2 is 1.78 bits per heavy atom. The number of hydrogen-bond acceptors (Lipinski definition) is 4. The first-order valence-corrected chi connectivity index (χ1v) is 13.2. The predicted molar refractivity (Wildman–Crippen MR) is 144 cm³/mol. The van der Waals surface area contributed by atoms with Crippen LogP contribution in [0.3, 0.4) is 0 Å². The van der Waals surface area contributed by atoms with Crippen LogP contribution in [0.4, 0.5) is 5.69 Å². The van der Waals surface area contributed by atoms with E-state index in [1.807, 2.05) is 53.4 Å². The average molecular weight is 497 g/mol. The van der Waals surface area contributed by atoms with E-state index >= 15 is 0 Å². The summed E-state index contributed by atoms with van der Waals surface area (Å²) in [5.41, 5.74) is 6.29. The first-order chi connectivity index (χ1) is 17.6. The van der Waals surface area contributed by atoms with E-state index in [4.69, 9.17) is 4.42 Å². The van der Waals surface area contributed by atoms with Crippen LogP contribution in [0.25, 0.3) is 0 Å². The summed E-state index contributed by atoms with van der Waals surface area (Å²) >= 11 is 1.76. The normalized spacial score (nSPS) is 12.4. The molecule has 0 unspecified atom stereocenters. The maximum absolute atomic E-state index is 12.9. The van der Waals surface area contributed by atoms with Crippen molar-refractivity contribution in [3.8, 4) is 0 Å². The van der Waals surface area contributed by atoms with E-state index in [1.165, 1.54) is 11.1 Å². The van der Waals surface area contributed by atoms with Gasteiger partial charge in [-0.25, -0.2) is 0 Å². The van der Waals surface area contributed by atoms with Crippen molar-refractivity contribution in [1.82, 2.24) is 5.32 Å². The van der Waals surface area contributed by atoms with Gasteiger partial charge in [0.05, 0.1) is 5.75 Å². The van der Waals surface area contributed by atoms with Gasteiger partial charge in [-0.15, -0.1) is 11.8 Å². The molecule has 0 radical (unpaired) electrons. The fraction of sp³-hybridized carbons (Fsp3) is 0.200. The van der Waals surface area contributed by atoms with E-state index in [-0.39, 0.29) is 11.8 Å². The molecule has 0 saturated carbocycles. The summed E-state index contributed by atoms with van der Waals surface area (Å²) in [6.07, 6.45) is 0.803. The van der Waals surface area contributed by atoms with Gasteiger partial charge in [0.25, 0.3) is 11.8 Å². The van der Waals surface area contributed by atoms with Gasteiger partial charge in [-0.3, -0.25) is 9.59 Å². The molecular formula is C30H28N2O3S. The molecule has 6 heteroatoms. The third kappa shape index (κ3) is 5.55. The van der Waals surface area contributed by atoms with E-state index in [2.05, 4.69) is 42.6 Å². The summed E-state index contributed by atoms with van der Waals surface area (Å²) in [7, 11) is 0. The van der Waals surface area contributed by atoms with Gasteiger partial charge >= 0.3 is 0 Å². The number of carbonyl (C=O) groups excluding carboxylic acids is 2. The number of fused-ring (bicyclic) bond motifs is 1. The summed E-state index contributed by atoms with van der Waals surface area (Å²) < 4.78 is 5.77. The Morgan fingerprint density at radius 1 is 0.917 bits per heavy atom. The molecule has 1 N–H and O–H groups in total. The lowest BCUT2D eigenvalue weighted by Crippen LogP contribution is -2.28. The molecule has 4 aromatic rings. The number of thioether (sulfide) groups is 1. The summed E-state index contributed by atoms with van der Waals surface area (Å²) in [5.74, 6) is 2.51. The molecule has 182 valence electrons. The average Bonchev–Trinajstić information content (AvgIpc) is 3.55. The lowest BCUT2D eigenvalue weighted by atomic mass is 10.1. The standard InChI is InChI=1S/C30H28N2O3S/c1-21-6-5-7-23(16-21)19-36-20-26-11-13-28(35-26)29(33)31-18-22-10-12-27-25(17-22)14-15-32(27)30(34)24-8-3-2-4-9-24/h2-13,16-17H,14-15,18-20H2,1H3,(H,31,33). The maximum atomic E-state index is 12.9. The predicted octanol–water partition coefficient (Wildman–Crippen LogP) is 6.15. The number of rotatable bonds is 8. The number of anilines is 1. The number of aryl methyl sites for hydroxylation is 1. The van der Waals surface area contributed by atoms with Gasteiger partial charge in [0.15, 0.2) is 5.76 Å². The molecule has 2 heterocycles. The highest BCUT2D eigenvalue weighted by Crippen LogP contribution is 2.30. The summed E-state index contributed by atoms with van der Waals surface area (Å²) in [4.78, 5) is 27.3. The number of benzene rings is 3. The molecule has 2 amide bonds. The SMILES string of the molecule is Cc1cccc(CSCc2ccc(C(=O)NCc3ccc4c(c3)CCN4C(=O)c3ccccc3)o2)c1. The monoisotopic (exact) mass is 496 g/mol. The molecule has 0 saturated heterocycles. The molecule has 1 aliphatic heterocycles. The number of nitrogens with zero attached hydrogens (tertiary/aromatic N) is 1. The zero-order chi connectivity index (χ0) is 24.9. The zero-order valence-corrected chi connectivity index (χ0v) is 21.0. The first kappa shape index (κ1) is 23.9. The number of furan rings is 1. The van der Waals surface area contributed by atoms with Crippen LogP contribution in [-0.4, -0.2) is 18.4 Å². The molecule has 0 aliphatic carbocycles. The number of nitrogens with one attached hydrogen (secondary N) is 1. The smallest absolute Gasteiger partial charge is 0.287 e. The second kappa shape index (κ2) is 10.9. The minimum atomic E-state index is -0.230.